The van der Waals surface area contributed by atoms with Crippen molar-refractivity contribution in [2.45, 2.75) is 0 Å². The van der Waals surface area contributed by atoms with Gasteiger partial charge in [0, 0.05) is 5.02 Å². The molecule has 17 heavy (non-hydrogen) atoms. The number of rotatable bonds is 3. The van der Waals surface area contributed by atoms with Gasteiger partial charge in [0.15, 0.2) is 5.71 Å². The number of aliphatic hydroxyl groups excluding tert-OH is 1. The van der Waals surface area contributed by atoms with Crippen molar-refractivity contribution in [3.05, 3.63) is 29.3 Å². The molecule has 0 aromatic heterocycles. The van der Waals surface area contributed by atoms with E-state index in [4.69, 9.17) is 21.8 Å². The maximum atomic E-state index is 10.9. The highest BCUT2D eigenvalue weighted by molar-refractivity contribution is 6.37. The fraction of sp³-hybridized carbons (Fsp3) is 0.273. The smallest absolute Gasteiger partial charge is 0.352 e. The fourth-order valence-electron chi connectivity index (χ4n) is 1.69. The van der Waals surface area contributed by atoms with Gasteiger partial charge < -0.3 is 10.2 Å². The van der Waals surface area contributed by atoms with Crippen LogP contribution < -0.4 is 5.01 Å². The summed E-state index contributed by atoms with van der Waals surface area (Å²) in [7, 11) is 0. The minimum Gasteiger partial charge on any atom is -0.477 e. The van der Waals surface area contributed by atoms with E-state index in [-0.39, 0.29) is 12.3 Å². The van der Waals surface area contributed by atoms with E-state index in [9.17, 15) is 4.79 Å². The first kappa shape index (κ1) is 11.9. The lowest BCUT2D eigenvalue weighted by molar-refractivity contribution is -0.129. The molecule has 0 bridgehead atoms. The Bertz CT molecular complexity index is 458. The van der Waals surface area contributed by atoms with E-state index in [0.717, 1.165) is 5.69 Å². The number of carboxylic acids is 1. The first-order valence-corrected chi connectivity index (χ1v) is 5.45. The summed E-state index contributed by atoms with van der Waals surface area (Å²) in [5.41, 5.74) is 0.742. The molecular weight excluding hydrogens is 244 g/mol. The highest BCUT2D eigenvalue weighted by atomic mass is 35.5. The Morgan fingerprint density at radius 1 is 1.47 bits per heavy atom. The monoisotopic (exact) mass is 254 g/mol. The third kappa shape index (κ3) is 2.40. The number of hydrogen-bond acceptors (Lipinski definition) is 4. The van der Waals surface area contributed by atoms with E-state index in [1.165, 1.54) is 0 Å². The largest absolute Gasteiger partial charge is 0.477 e. The number of carbonyl (C=O) groups is 1. The third-order valence-corrected chi connectivity index (χ3v) is 2.82. The number of anilines is 1. The standard InChI is InChI=1S/C11H11ClN2O3/c12-8-1-3-9(4-2-8)14-5-7(6-15)10(13-14)11(16)17/h1-4,7,15H,5-6H2,(H,16,17). The molecule has 0 fully saturated rings. The molecule has 0 aliphatic carbocycles. The molecule has 0 saturated carbocycles. The number of hydrazone groups is 1. The van der Waals surface area contributed by atoms with Gasteiger partial charge >= 0.3 is 5.97 Å². The van der Waals surface area contributed by atoms with Gasteiger partial charge in [0.1, 0.15) is 0 Å². The maximum absolute atomic E-state index is 10.9. The summed E-state index contributed by atoms with van der Waals surface area (Å²) in [4.78, 5) is 10.9. The molecule has 0 radical (unpaired) electrons. The predicted molar refractivity (Wildman–Crippen MR) is 64.4 cm³/mol. The summed E-state index contributed by atoms with van der Waals surface area (Å²) in [5.74, 6) is -1.55. The lowest BCUT2D eigenvalue weighted by Gasteiger charge is -2.14. The number of nitrogens with zero attached hydrogens (tertiary/aromatic N) is 2. The van der Waals surface area contributed by atoms with Gasteiger partial charge in [-0.15, -0.1) is 0 Å². The Hall–Kier alpha value is -1.59. The molecule has 5 nitrogen and oxygen atoms in total. The van der Waals surface area contributed by atoms with Crippen molar-refractivity contribution >= 4 is 29.0 Å². The molecule has 1 heterocycles. The van der Waals surface area contributed by atoms with Crippen molar-refractivity contribution in [2.75, 3.05) is 18.2 Å². The van der Waals surface area contributed by atoms with Gasteiger partial charge in [-0.2, -0.15) is 5.10 Å². The first-order chi connectivity index (χ1) is 8.11. The van der Waals surface area contributed by atoms with Crippen molar-refractivity contribution in [2.24, 2.45) is 11.0 Å². The molecular formula is C11H11ClN2O3. The van der Waals surface area contributed by atoms with Crippen LogP contribution in [-0.2, 0) is 4.79 Å². The lowest BCUT2D eigenvalue weighted by atomic mass is 10.1. The molecule has 6 heteroatoms. The van der Waals surface area contributed by atoms with Gasteiger partial charge in [-0.3, -0.25) is 5.01 Å². The van der Waals surface area contributed by atoms with E-state index in [1.54, 1.807) is 29.3 Å². The Labute approximate surface area is 103 Å². The molecule has 0 amide bonds. The van der Waals surface area contributed by atoms with E-state index in [2.05, 4.69) is 5.10 Å². The zero-order valence-corrected chi connectivity index (χ0v) is 9.63. The van der Waals surface area contributed by atoms with Crippen molar-refractivity contribution in [1.29, 1.82) is 0 Å². The number of aliphatic carboxylic acids is 1. The summed E-state index contributed by atoms with van der Waals surface area (Å²) in [6.07, 6.45) is 0. The van der Waals surface area contributed by atoms with E-state index >= 15 is 0 Å². The number of halogens is 1. The van der Waals surface area contributed by atoms with Crippen LogP contribution in [0.2, 0.25) is 5.02 Å². The zero-order valence-electron chi connectivity index (χ0n) is 8.88. The summed E-state index contributed by atoms with van der Waals surface area (Å²) in [6.45, 7) is 0.134. The molecule has 90 valence electrons. The van der Waals surface area contributed by atoms with Gasteiger partial charge in [-0.1, -0.05) is 11.6 Å². The number of hydrogen-bond donors (Lipinski definition) is 2. The second-order valence-corrected chi connectivity index (χ2v) is 4.16. The third-order valence-electron chi connectivity index (χ3n) is 2.57. The fourth-order valence-corrected chi connectivity index (χ4v) is 1.81. The Kier molecular flexibility index (Phi) is 3.31. The van der Waals surface area contributed by atoms with Crippen LogP contribution in [0.4, 0.5) is 5.69 Å². The molecule has 2 rings (SSSR count). The van der Waals surface area contributed by atoms with Crippen molar-refractivity contribution < 1.29 is 15.0 Å². The van der Waals surface area contributed by atoms with Crippen LogP contribution in [0.3, 0.4) is 0 Å². The second kappa shape index (κ2) is 4.73. The molecule has 1 atom stereocenters. The highest BCUT2D eigenvalue weighted by Gasteiger charge is 2.31. The highest BCUT2D eigenvalue weighted by Crippen LogP contribution is 2.24. The van der Waals surface area contributed by atoms with Gasteiger partial charge in [-0.05, 0) is 24.3 Å². The lowest BCUT2D eigenvalue weighted by Crippen LogP contribution is -2.26. The molecule has 0 spiro atoms. The van der Waals surface area contributed by atoms with E-state index < -0.39 is 11.9 Å². The van der Waals surface area contributed by atoms with Crippen LogP contribution in [-0.4, -0.2) is 35.0 Å². The van der Waals surface area contributed by atoms with E-state index in [0.29, 0.717) is 11.6 Å². The minimum atomic E-state index is -1.10. The van der Waals surface area contributed by atoms with Gasteiger partial charge in [0.2, 0.25) is 0 Å². The average Bonchev–Trinajstić information content (AvgIpc) is 2.74. The van der Waals surface area contributed by atoms with Crippen LogP contribution in [0.25, 0.3) is 0 Å². The van der Waals surface area contributed by atoms with Crippen LogP contribution >= 0.6 is 11.6 Å². The van der Waals surface area contributed by atoms with Crippen molar-refractivity contribution in [3.63, 3.8) is 0 Å². The summed E-state index contributed by atoms with van der Waals surface area (Å²) >= 11 is 5.76. The number of benzene rings is 1. The SMILES string of the molecule is O=C(O)C1=NN(c2ccc(Cl)cc2)CC1CO. The molecule has 1 aromatic rings. The molecule has 1 unspecified atom stereocenters. The molecule has 1 aromatic carbocycles. The molecule has 0 saturated heterocycles. The first-order valence-electron chi connectivity index (χ1n) is 5.07. The maximum Gasteiger partial charge on any atom is 0.352 e. The van der Waals surface area contributed by atoms with Crippen molar-refractivity contribution in [1.82, 2.24) is 0 Å². The summed E-state index contributed by atoms with van der Waals surface area (Å²) < 4.78 is 0. The van der Waals surface area contributed by atoms with E-state index in [1.807, 2.05) is 0 Å². The summed E-state index contributed by atoms with van der Waals surface area (Å²) in [5, 5.41) is 24.2. The van der Waals surface area contributed by atoms with Gasteiger partial charge in [-0.25, -0.2) is 4.79 Å². The molecule has 1 aliphatic rings. The van der Waals surface area contributed by atoms with Crippen LogP contribution in [0.1, 0.15) is 0 Å². The van der Waals surface area contributed by atoms with Crippen LogP contribution in [0.15, 0.2) is 29.4 Å². The van der Waals surface area contributed by atoms with Crippen LogP contribution in [0, 0.1) is 5.92 Å². The molecule has 2 N–H and O–H groups in total. The van der Waals surface area contributed by atoms with Gasteiger partial charge in [0.05, 0.1) is 24.8 Å². The Morgan fingerprint density at radius 3 is 2.59 bits per heavy atom. The normalized spacial score (nSPS) is 19.3. The quantitative estimate of drug-likeness (QED) is 0.850. The predicted octanol–water partition coefficient (Wildman–Crippen LogP) is 1.21. The number of aliphatic hydroxyl groups is 1. The second-order valence-electron chi connectivity index (χ2n) is 3.73. The molecule has 1 aliphatic heterocycles. The Morgan fingerprint density at radius 2 is 2.12 bits per heavy atom. The number of carboxylic acid groups (broad SMARTS) is 1. The van der Waals surface area contributed by atoms with Gasteiger partial charge in [0.25, 0.3) is 0 Å². The topological polar surface area (TPSA) is 73.1 Å². The Balaban J connectivity index is 2.25. The zero-order chi connectivity index (χ0) is 12.4. The average molecular weight is 255 g/mol. The minimum absolute atomic E-state index is 0.0116. The van der Waals surface area contributed by atoms with Crippen LogP contribution in [0.5, 0.6) is 0 Å². The summed E-state index contributed by atoms with van der Waals surface area (Å²) in [6, 6.07) is 6.92. The van der Waals surface area contributed by atoms with Crippen molar-refractivity contribution in [3.8, 4) is 0 Å².